The molecule has 0 aromatic heterocycles. The topological polar surface area (TPSA) is 0 Å². The molecule has 4 aromatic carbocycles. The maximum absolute atomic E-state index is 5.86. The first-order valence-corrected chi connectivity index (χ1v) is 9.59. The molecule has 0 amide bonds. The molecule has 0 bridgehead atoms. The zero-order valence-corrected chi connectivity index (χ0v) is 16.4. The lowest BCUT2D eigenvalue weighted by Gasteiger charge is -2.19. The second-order valence-electron chi connectivity index (χ2n) is 6.80. The van der Waals surface area contributed by atoms with Gasteiger partial charge in [-0.25, -0.2) is 0 Å². The third kappa shape index (κ3) is 3.27. The lowest BCUT2D eigenvalue weighted by atomic mass is 9.84. The fraction of sp³-hybridized carbons (Fsp3) is 0. The Bertz CT molecular complexity index is 1290. The van der Waals surface area contributed by atoms with Gasteiger partial charge in [0.2, 0.25) is 0 Å². The summed E-state index contributed by atoms with van der Waals surface area (Å²) in [6.45, 7) is 0. The van der Waals surface area contributed by atoms with Crippen LogP contribution in [0.25, 0.3) is 33.4 Å². The molecular formula is C30H18. The molecule has 0 saturated carbocycles. The van der Waals surface area contributed by atoms with Crippen molar-refractivity contribution in [3.8, 4) is 70.4 Å². The van der Waals surface area contributed by atoms with E-state index in [4.69, 9.17) is 19.3 Å². The number of hydrogen-bond acceptors (Lipinski definition) is 0. The molecule has 138 valence electrons. The standard InChI is InChI=1S/C30H18/c1-4-22-14-7-10-17-25(22)28-20-13-21-29(26-18-11-8-15-23(26)5-2)30(28)27-19-12-9-16-24(27)6-3/h1-3,7-21H. The molecule has 0 aliphatic rings. The van der Waals surface area contributed by atoms with Gasteiger partial charge in [0.05, 0.1) is 0 Å². The molecule has 0 fully saturated rings. The fourth-order valence-corrected chi connectivity index (χ4v) is 3.81. The molecule has 4 aromatic rings. The van der Waals surface area contributed by atoms with E-state index in [-0.39, 0.29) is 0 Å². The number of hydrogen-bond donors (Lipinski definition) is 0. The van der Waals surface area contributed by atoms with Crippen LogP contribution in [-0.2, 0) is 0 Å². The van der Waals surface area contributed by atoms with Crippen molar-refractivity contribution in [1.82, 2.24) is 0 Å². The van der Waals surface area contributed by atoms with Crippen molar-refractivity contribution >= 4 is 0 Å². The third-order valence-electron chi connectivity index (χ3n) is 5.16. The van der Waals surface area contributed by atoms with E-state index in [2.05, 4.69) is 36.0 Å². The van der Waals surface area contributed by atoms with Crippen molar-refractivity contribution < 1.29 is 0 Å². The summed E-state index contributed by atoms with van der Waals surface area (Å²) in [5, 5.41) is 0. The van der Waals surface area contributed by atoms with Gasteiger partial charge >= 0.3 is 0 Å². The lowest BCUT2D eigenvalue weighted by molar-refractivity contribution is 1.52. The summed E-state index contributed by atoms with van der Waals surface area (Å²) in [4.78, 5) is 0. The second kappa shape index (κ2) is 8.29. The van der Waals surface area contributed by atoms with Gasteiger partial charge in [0.1, 0.15) is 0 Å². The summed E-state index contributed by atoms with van der Waals surface area (Å²) in [6, 6.07) is 30.0. The summed E-state index contributed by atoms with van der Waals surface area (Å²) in [5.41, 5.74) is 8.51. The highest BCUT2D eigenvalue weighted by atomic mass is 14.2. The highest BCUT2D eigenvalue weighted by Gasteiger charge is 2.18. The Morgan fingerprint density at radius 3 is 1.13 bits per heavy atom. The molecule has 0 N–H and O–H groups in total. The van der Waals surface area contributed by atoms with Crippen LogP contribution in [0.1, 0.15) is 16.7 Å². The Kier molecular flexibility index (Phi) is 5.22. The average molecular weight is 378 g/mol. The van der Waals surface area contributed by atoms with Crippen molar-refractivity contribution in [3.05, 3.63) is 108 Å². The van der Waals surface area contributed by atoms with E-state index in [1.54, 1.807) is 0 Å². The average Bonchev–Trinajstić information content (AvgIpc) is 2.83. The predicted molar refractivity (Wildman–Crippen MR) is 127 cm³/mol. The maximum Gasteiger partial charge on any atom is 0.0321 e. The largest absolute Gasteiger partial charge is 0.115 e. The molecule has 0 saturated heterocycles. The molecule has 0 unspecified atom stereocenters. The first-order chi connectivity index (χ1) is 14.8. The van der Waals surface area contributed by atoms with Crippen LogP contribution < -0.4 is 0 Å². The van der Waals surface area contributed by atoms with Crippen molar-refractivity contribution in [2.45, 2.75) is 0 Å². The van der Waals surface area contributed by atoms with Gasteiger partial charge in [-0.3, -0.25) is 0 Å². The van der Waals surface area contributed by atoms with Crippen LogP contribution in [0, 0.1) is 37.0 Å². The van der Waals surface area contributed by atoms with E-state index in [0.717, 1.165) is 50.1 Å². The van der Waals surface area contributed by atoms with E-state index in [0.29, 0.717) is 0 Å². The van der Waals surface area contributed by atoms with Crippen LogP contribution in [0.4, 0.5) is 0 Å². The summed E-state index contributed by atoms with van der Waals surface area (Å²) < 4.78 is 0. The molecule has 0 heterocycles. The van der Waals surface area contributed by atoms with Crippen LogP contribution in [0.3, 0.4) is 0 Å². The summed E-state index contributed by atoms with van der Waals surface area (Å²) in [6.07, 6.45) is 17.5. The monoisotopic (exact) mass is 378 g/mol. The zero-order valence-electron chi connectivity index (χ0n) is 16.4. The summed E-state index contributed by atoms with van der Waals surface area (Å²) in [7, 11) is 0. The number of rotatable bonds is 3. The molecule has 0 nitrogen and oxygen atoms in total. The first kappa shape index (κ1) is 18.9. The van der Waals surface area contributed by atoms with Gasteiger partial charge in [-0.1, -0.05) is 90.6 Å². The van der Waals surface area contributed by atoms with Gasteiger partial charge in [0, 0.05) is 16.7 Å². The van der Waals surface area contributed by atoms with Gasteiger partial charge in [0.15, 0.2) is 0 Å². The molecule has 0 radical (unpaired) electrons. The van der Waals surface area contributed by atoms with E-state index < -0.39 is 0 Å². The van der Waals surface area contributed by atoms with Gasteiger partial charge in [0.25, 0.3) is 0 Å². The van der Waals surface area contributed by atoms with Crippen LogP contribution in [0.5, 0.6) is 0 Å². The van der Waals surface area contributed by atoms with Crippen molar-refractivity contribution in [2.24, 2.45) is 0 Å². The zero-order chi connectivity index (χ0) is 20.9. The van der Waals surface area contributed by atoms with Crippen molar-refractivity contribution in [3.63, 3.8) is 0 Å². The number of benzene rings is 4. The molecule has 30 heavy (non-hydrogen) atoms. The SMILES string of the molecule is C#Cc1ccccc1-c1cccc(-c2ccccc2C#C)c1-c1ccccc1C#C. The van der Waals surface area contributed by atoms with Gasteiger partial charge < -0.3 is 0 Å². The summed E-state index contributed by atoms with van der Waals surface area (Å²) in [5.74, 6) is 8.45. The molecule has 0 spiro atoms. The van der Waals surface area contributed by atoms with Crippen LogP contribution in [0.15, 0.2) is 91.0 Å². The highest BCUT2D eigenvalue weighted by molar-refractivity contribution is 5.98. The Morgan fingerprint density at radius 2 is 0.700 bits per heavy atom. The van der Waals surface area contributed by atoms with Crippen LogP contribution in [-0.4, -0.2) is 0 Å². The van der Waals surface area contributed by atoms with E-state index in [1.807, 2.05) is 72.8 Å². The predicted octanol–water partition coefficient (Wildman–Crippen LogP) is 6.63. The normalized spacial score (nSPS) is 9.90. The van der Waals surface area contributed by atoms with Gasteiger partial charge in [-0.15, -0.1) is 19.3 Å². The molecule has 4 rings (SSSR count). The van der Waals surface area contributed by atoms with Gasteiger partial charge in [-0.2, -0.15) is 0 Å². The molecule has 0 aliphatic carbocycles. The lowest BCUT2D eigenvalue weighted by Crippen LogP contribution is -1.95. The van der Waals surface area contributed by atoms with E-state index in [1.165, 1.54) is 0 Å². The Balaban J connectivity index is 2.16. The Morgan fingerprint density at radius 1 is 0.367 bits per heavy atom. The van der Waals surface area contributed by atoms with E-state index in [9.17, 15) is 0 Å². The quantitative estimate of drug-likeness (QED) is 0.351. The molecular weight excluding hydrogens is 360 g/mol. The Hall–Kier alpha value is -4.44. The highest BCUT2D eigenvalue weighted by Crippen LogP contribution is 2.42. The minimum absolute atomic E-state index is 0.822. The van der Waals surface area contributed by atoms with Crippen LogP contribution in [0.2, 0.25) is 0 Å². The smallest absolute Gasteiger partial charge is 0.0321 e. The van der Waals surface area contributed by atoms with Gasteiger partial charge in [-0.05, 0) is 51.6 Å². The fourth-order valence-electron chi connectivity index (χ4n) is 3.81. The Labute approximate surface area is 178 Å². The molecule has 0 aliphatic heterocycles. The maximum atomic E-state index is 5.86. The van der Waals surface area contributed by atoms with Crippen molar-refractivity contribution in [1.29, 1.82) is 0 Å². The van der Waals surface area contributed by atoms with E-state index >= 15 is 0 Å². The third-order valence-corrected chi connectivity index (χ3v) is 5.16. The minimum atomic E-state index is 0.822. The minimum Gasteiger partial charge on any atom is -0.115 e. The van der Waals surface area contributed by atoms with Crippen LogP contribution >= 0.6 is 0 Å². The van der Waals surface area contributed by atoms with Crippen molar-refractivity contribution in [2.75, 3.05) is 0 Å². The first-order valence-electron chi connectivity index (χ1n) is 9.59. The molecule has 0 atom stereocenters. The molecule has 0 heteroatoms. The summed E-state index contributed by atoms with van der Waals surface area (Å²) >= 11 is 0. The second-order valence-corrected chi connectivity index (χ2v) is 6.80. The number of terminal acetylenes is 3.